The highest BCUT2D eigenvalue weighted by molar-refractivity contribution is 5.76. The molecule has 1 aliphatic heterocycles. The molecule has 1 saturated heterocycles. The predicted molar refractivity (Wildman–Crippen MR) is 100 cm³/mol. The molecule has 7 heteroatoms. The molecule has 3 rings (SSSR count). The third kappa shape index (κ3) is 4.59. The maximum absolute atomic E-state index is 12.2. The second-order valence-electron chi connectivity index (χ2n) is 6.97. The van der Waals surface area contributed by atoms with Crippen LogP contribution < -0.4 is 5.32 Å². The molecule has 0 unspecified atom stereocenters. The van der Waals surface area contributed by atoms with E-state index < -0.39 is 0 Å². The van der Waals surface area contributed by atoms with Gasteiger partial charge in [-0.1, -0.05) is 0 Å². The van der Waals surface area contributed by atoms with Gasteiger partial charge in [-0.2, -0.15) is 5.10 Å². The molecule has 142 valence electrons. The lowest BCUT2D eigenvalue weighted by Gasteiger charge is -2.26. The van der Waals surface area contributed by atoms with Gasteiger partial charge in [-0.3, -0.25) is 9.69 Å². The van der Waals surface area contributed by atoms with E-state index in [4.69, 9.17) is 4.74 Å². The number of hydrogen-bond donors (Lipinski definition) is 1. The fraction of sp³-hybridized carbons (Fsp3) is 0.632. The van der Waals surface area contributed by atoms with Gasteiger partial charge in [0.1, 0.15) is 0 Å². The molecule has 0 radical (unpaired) electrons. The standard InChI is InChI=1S/C19H29N5O2/c1-14-13-18-21-15(2)17(16(3)24(18)22-14)5-6-19(25)20-7-4-8-23-9-11-26-12-10-23/h13H,4-12H2,1-3H3,(H,20,25). The highest BCUT2D eigenvalue weighted by Gasteiger charge is 2.13. The van der Waals surface area contributed by atoms with Crippen molar-refractivity contribution in [1.82, 2.24) is 24.8 Å². The zero-order chi connectivity index (χ0) is 18.5. The van der Waals surface area contributed by atoms with Crippen LogP contribution in [0.1, 0.15) is 35.5 Å². The first kappa shape index (κ1) is 18.8. The van der Waals surface area contributed by atoms with Crippen LogP contribution in [0.15, 0.2) is 6.07 Å². The van der Waals surface area contributed by atoms with Crippen LogP contribution in [0.25, 0.3) is 5.65 Å². The number of nitrogens with one attached hydrogen (secondary N) is 1. The Morgan fingerprint density at radius 1 is 1.27 bits per heavy atom. The third-order valence-electron chi connectivity index (χ3n) is 4.97. The van der Waals surface area contributed by atoms with Gasteiger partial charge in [-0.05, 0) is 45.7 Å². The number of aromatic nitrogens is 3. The number of morpholine rings is 1. The Hall–Kier alpha value is -1.99. The Morgan fingerprint density at radius 2 is 2.04 bits per heavy atom. The first-order valence-electron chi connectivity index (χ1n) is 9.44. The van der Waals surface area contributed by atoms with E-state index in [1.807, 2.05) is 31.4 Å². The molecule has 0 saturated carbocycles. The minimum Gasteiger partial charge on any atom is -0.379 e. The number of nitrogens with zero attached hydrogens (tertiary/aromatic N) is 4. The molecular formula is C19H29N5O2. The minimum atomic E-state index is 0.0996. The molecule has 2 aromatic rings. The minimum absolute atomic E-state index is 0.0996. The largest absolute Gasteiger partial charge is 0.379 e. The van der Waals surface area contributed by atoms with Crippen LogP contribution >= 0.6 is 0 Å². The number of fused-ring (bicyclic) bond motifs is 1. The van der Waals surface area contributed by atoms with Crippen molar-refractivity contribution in [2.75, 3.05) is 39.4 Å². The fourth-order valence-corrected chi connectivity index (χ4v) is 3.49. The van der Waals surface area contributed by atoms with Crippen molar-refractivity contribution in [2.24, 2.45) is 0 Å². The summed E-state index contributed by atoms with van der Waals surface area (Å²) in [6.07, 6.45) is 2.14. The van der Waals surface area contributed by atoms with E-state index in [2.05, 4.69) is 20.3 Å². The summed E-state index contributed by atoms with van der Waals surface area (Å²) in [6.45, 7) is 11.4. The molecular weight excluding hydrogens is 330 g/mol. The molecule has 3 heterocycles. The average molecular weight is 359 g/mol. The molecule has 26 heavy (non-hydrogen) atoms. The number of carbonyl (C=O) groups excluding carboxylic acids is 1. The van der Waals surface area contributed by atoms with E-state index in [-0.39, 0.29) is 5.91 Å². The fourth-order valence-electron chi connectivity index (χ4n) is 3.49. The topological polar surface area (TPSA) is 71.8 Å². The van der Waals surface area contributed by atoms with E-state index in [1.165, 1.54) is 0 Å². The molecule has 1 amide bonds. The second kappa shape index (κ2) is 8.60. The van der Waals surface area contributed by atoms with E-state index >= 15 is 0 Å². The van der Waals surface area contributed by atoms with Crippen molar-refractivity contribution in [3.8, 4) is 0 Å². The van der Waals surface area contributed by atoms with Gasteiger partial charge < -0.3 is 10.1 Å². The van der Waals surface area contributed by atoms with Crippen LogP contribution in [0, 0.1) is 20.8 Å². The van der Waals surface area contributed by atoms with Gasteiger partial charge in [0.05, 0.1) is 18.9 Å². The Kier molecular flexibility index (Phi) is 6.21. The maximum atomic E-state index is 12.2. The van der Waals surface area contributed by atoms with Crippen molar-refractivity contribution >= 4 is 11.6 Å². The molecule has 7 nitrogen and oxygen atoms in total. The SMILES string of the molecule is Cc1cc2nc(C)c(CCC(=O)NCCCN3CCOCC3)c(C)n2n1. The molecule has 0 aliphatic carbocycles. The Morgan fingerprint density at radius 3 is 2.81 bits per heavy atom. The Labute approximate surface area is 154 Å². The lowest BCUT2D eigenvalue weighted by atomic mass is 10.1. The number of hydrogen-bond acceptors (Lipinski definition) is 5. The quantitative estimate of drug-likeness (QED) is 0.757. The van der Waals surface area contributed by atoms with Gasteiger partial charge in [0.25, 0.3) is 0 Å². The van der Waals surface area contributed by atoms with Gasteiger partial charge >= 0.3 is 0 Å². The maximum Gasteiger partial charge on any atom is 0.220 e. The van der Waals surface area contributed by atoms with E-state index in [0.29, 0.717) is 12.8 Å². The molecule has 0 spiro atoms. The van der Waals surface area contributed by atoms with Gasteiger partial charge in [-0.25, -0.2) is 9.50 Å². The van der Waals surface area contributed by atoms with Crippen LogP contribution in [0.4, 0.5) is 0 Å². The van der Waals surface area contributed by atoms with Gasteiger partial charge in [0, 0.05) is 43.5 Å². The smallest absolute Gasteiger partial charge is 0.220 e. The lowest BCUT2D eigenvalue weighted by Crippen LogP contribution is -2.38. The van der Waals surface area contributed by atoms with Gasteiger partial charge in [0.15, 0.2) is 5.65 Å². The molecule has 0 bridgehead atoms. The summed E-state index contributed by atoms with van der Waals surface area (Å²) in [7, 11) is 0. The molecule has 1 aliphatic rings. The van der Waals surface area contributed by atoms with E-state index in [1.54, 1.807) is 0 Å². The van der Waals surface area contributed by atoms with Crippen molar-refractivity contribution in [3.05, 3.63) is 28.7 Å². The number of ether oxygens (including phenoxy) is 1. The number of carbonyl (C=O) groups is 1. The second-order valence-corrected chi connectivity index (χ2v) is 6.97. The highest BCUT2D eigenvalue weighted by atomic mass is 16.5. The number of aryl methyl sites for hydroxylation is 3. The van der Waals surface area contributed by atoms with Crippen molar-refractivity contribution in [2.45, 2.75) is 40.0 Å². The predicted octanol–water partition coefficient (Wildman–Crippen LogP) is 1.43. The zero-order valence-corrected chi connectivity index (χ0v) is 16.0. The lowest BCUT2D eigenvalue weighted by molar-refractivity contribution is -0.121. The monoisotopic (exact) mass is 359 g/mol. The highest BCUT2D eigenvalue weighted by Crippen LogP contribution is 2.16. The first-order chi connectivity index (χ1) is 12.5. The number of amides is 1. The van der Waals surface area contributed by atoms with Crippen molar-refractivity contribution in [1.29, 1.82) is 0 Å². The van der Waals surface area contributed by atoms with Crippen LogP contribution in [-0.4, -0.2) is 64.8 Å². The summed E-state index contributed by atoms with van der Waals surface area (Å²) in [4.78, 5) is 19.2. The van der Waals surface area contributed by atoms with E-state index in [0.717, 1.165) is 74.1 Å². The summed E-state index contributed by atoms with van der Waals surface area (Å²) < 4.78 is 7.22. The summed E-state index contributed by atoms with van der Waals surface area (Å²) in [5.41, 5.74) is 4.99. The van der Waals surface area contributed by atoms with Crippen molar-refractivity contribution < 1.29 is 9.53 Å². The summed E-state index contributed by atoms with van der Waals surface area (Å²) >= 11 is 0. The Bertz CT molecular complexity index is 765. The van der Waals surface area contributed by atoms with Crippen LogP contribution in [-0.2, 0) is 16.0 Å². The summed E-state index contributed by atoms with van der Waals surface area (Å²) in [5.74, 6) is 0.0996. The molecule has 0 atom stereocenters. The Balaban J connectivity index is 1.46. The molecule has 1 fully saturated rings. The van der Waals surface area contributed by atoms with Crippen LogP contribution in [0.3, 0.4) is 0 Å². The van der Waals surface area contributed by atoms with Crippen LogP contribution in [0.2, 0.25) is 0 Å². The molecule has 0 aromatic carbocycles. The average Bonchev–Trinajstić information content (AvgIpc) is 3.00. The normalized spacial score (nSPS) is 15.5. The van der Waals surface area contributed by atoms with Gasteiger partial charge in [0.2, 0.25) is 5.91 Å². The number of rotatable bonds is 7. The summed E-state index contributed by atoms with van der Waals surface area (Å²) in [6, 6.07) is 1.98. The van der Waals surface area contributed by atoms with E-state index in [9.17, 15) is 4.79 Å². The third-order valence-corrected chi connectivity index (χ3v) is 4.97. The van der Waals surface area contributed by atoms with Crippen molar-refractivity contribution in [3.63, 3.8) is 0 Å². The van der Waals surface area contributed by atoms with Crippen LogP contribution in [0.5, 0.6) is 0 Å². The zero-order valence-electron chi connectivity index (χ0n) is 16.0. The van der Waals surface area contributed by atoms with Gasteiger partial charge in [-0.15, -0.1) is 0 Å². The first-order valence-corrected chi connectivity index (χ1v) is 9.44. The molecule has 2 aromatic heterocycles. The molecule has 1 N–H and O–H groups in total. The summed E-state index contributed by atoms with van der Waals surface area (Å²) in [5, 5.41) is 7.52.